The van der Waals surface area contributed by atoms with Gasteiger partial charge in [-0.25, -0.2) is 0 Å². The van der Waals surface area contributed by atoms with Crippen molar-refractivity contribution >= 4 is 5.69 Å². The van der Waals surface area contributed by atoms with E-state index in [4.69, 9.17) is 4.74 Å². The molecule has 0 bridgehead atoms. The molecule has 0 spiro atoms. The normalized spacial score (nSPS) is 16.8. The van der Waals surface area contributed by atoms with Crippen LogP contribution < -0.4 is 9.64 Å². The summed E-state index contributed by atoms with van der Waals surface area (Å²) in [5.41, 5.74) is 2.74. The first-order valence-electron chi connectivity index (χ1n) is 8.93. The zero-order valence-corrected chi connectivity index (χ0v) is 14.8. The van der Waals surface area contributed by atoms with Gasteiger partial charge < -0.3 is 9.64 Å². The molecule has 1 atom stereocenters. The van der Waals surface area contributed by atoms with E-state index in [1.807, 2.05) is 0 Å². The lowest BCUT2D eigenvalue weighted by Crippen LogP contribution is -2.49. The van der Waals surface area contributed by atoms with E-state index in [-0.39, 0.29) is 0 Å². The number of aryl methyl sites for hydroxylation is 1. The fourth-order valence-corrected chi connectivity index (χ4v) is 3.41. The number of nitrogens with zero attached hydrogens (tertiary/aromatic N) is 2. The molecule has 1 aliphatic rings. The topological polar surface area (TPSA) is 15.7 Å². The van der Waals surface area contributed by atoms with Gasteiger partial charge in [-0.15, -0.1) is 0 Å². The van der Waals surface area contributed by atoms with E-state index in [0.717, 1.165) is 38.3 Å². The molecule has 0 unspecified atom stereocenters. The van der Waals surface area contributed by atoms with E-state index in [9.17, 15) is 0 Å². The lowest BCUT2D eigenvalue weighted by atomic mass is 10.0. The molecule has 24 heavy (non-hydrogen) atoms. The fraction of sp³-hybridized carbons (Fsp3) is 0.429. The average Bonchev–Trinajstić information content (AvgIpc) is 2.67. The van der Waals surface area contributed by atoms with Crippen molar-refractivity contribution in [1.29, 1.82) is 0 Å². The smallest absolute Gasteiger partial charge is 0.118 e. The first-order valence-corrected chi connectivity index (χ1v) is 8.93. The molecule has 3 rings (SSSR count). The molecule has 3 nitrogen and oxygen atoms in total. The van der Waals surface area contributed by atoms with Gasteiger partial charge in [0.15, 0.2) is 0 Å². The van der Waals surface area contributed by atoms with E-state index >= 15 is 0 Å². The molecule has 0 radical (unpaired) electrons. The van der Waals surface area contributed by atoms with Gasteiger partial charge in [-0.1, -0.05) is 30.3 Å². The number of methoxy groups -OCH3 is 1. The summed E-state index contributed by atoms with van der Waals surface area (Å²) >= 11 is 0. The largest absolute Gasteiger partial charge is 0.497 e. The van der Waals surface area contributed by atoms with Crippen molar-refractivity contribution in [2.45, 2.75) is 25.8 Å². The number of hydrogen-bond acceptors (Lipinski definition) is 3. The molecule has 0 aliphatic carbocycles. The van der Waals surface area contributed by atoms with Crippen LogP contribution in [0.25, 0.3) is 0 Å². The fourth-order valence-electron chi connectivity index (χ4n) is 3.41. The summed E-state index contributed by atoms with van der Waals surface area (Å²) in [7, 11) is 1.71. The Morgan fingerprint density at radius 3 is 2.21 bits per heavy atom. The van der Waals surface area contributed by atoms with Crippen LogP contribution in [0.3, 0.4) is 0 Å². The summed E-state index contributed by atoms with van der Waals surface area (Å²) in [5.74, 6) is 0.934. The molecular formula is C21H28N2O. The van der Waals surface area contributed by atoms with Gasteiger partial charge in [-0.3, -0.25) is 4.90 Å². The predicted octanol–water partition coefficient (Wildman–Crippen LogP) is 3.84. The third kappa shape index (κ3) is 4.30. The highest BCUT2D eigenvalue weighted by Crippen LogP contribution is 2.19. The van der Waals surface area contributed by atoms with Gasteiger partial charge in [0, 0.05) is 37.9 Å². The van der Waals surface area contributed by atoms with Crippen LogP contribution >= 0.6 is 0 Å². The molecule has 1 saturated heterocycles. The maximum absolute atomic E-state index is 5.22. The second-order valence-corrected chi connectivity index (χ2v) is 6.59. The molecule has 128 valence electrons. The Morgan fingerprint density at radius 1 is 0.917 bits per heavy atom. The first kappa shape index (κ1) is 16.8. The highest BCUT2D eigenvalue weighted by atomic mass is 16.5. The van der Waals surface area contributed by atoms with E-state index in [2.05, 4.69) is 71.3 Å². The second kappa shape index (κ2) is 8.20. The van der Waals surface area contributed by atoms with Crippen molar-refractivity contribution in [1.82, 2.24) is 4.90 Å². The second-order valence-electron chi connectivity index (χ2n) is 6.59. The molecule has 0 saturated carbocycles. The SMILES string of the molecule is COc1ccc(CC[C@H](C)N2CCN(c3ccccc3)CC2)cc1. The molecule has 1 aliphatic heterocycles. The number of piperazine rings is 1. The van der Waals surface area contributed by atoms with Gasteiger partial charge in [-0.05, 0) is 49.6 Å². The Balaban J connectivity index is 1.45. The minimum absolute atomic E-state index is 0.630. The van der Waals surface area contributed by atoms with Crippen LogP contribution in [-0.4, -0.2) is 44.2 Å². The number of para-hydroxylation sites is 1. The Morgan fingerprint density at radius 2 is 1.58 bits per heavy atom. The summed E-state index contributed by atoms with van der Waals surface area (Å²) in [6.45, 7) is 6.91. The Kier molecular flexibility index (Phi) is 5.76. The van der Waals surface area contributed by atoms with Crippen molar-refractivity contribution in [2.75, 3.05) is 38.2 Å². The van der Waals surface area contributed by atoms with Gasteiger partial charge in [-0.2, -0.15) is 0 Å². The third-order valence-corrected chi connectivity index (χ3v) is 5.07. The molecule has 0 N–H and O–H groups in total. The van der Waals surface area contributed by atoms with Crippen molar-refractivity contribution in [3.63, 3.8) is 0 Å². The minimum atomic E-state index is 0.630. The average molecular weight is 324 g/mol. The molecule has 1 heterocycles. The number of hydrogen-bond donors (Lipinski definition) is 0. The lowest BCUT2D eigenvalue weighted by molar-refractivity contribution is 0.189. The van der Waals surface area contributed by atoms with Crippen LogP contribution in [0.4, 0.5) is 5.69 Å². The van der Waals surface area contributed by atoms with Crippen molar-refractivity contribution in [2.24, 2.45) is 0 Å². The Hall–Kier alpha value is -2.00. The summed E-state index contributed by atoms with van der Waals surface area (Å²) in [4.78, 5) is 5.12. The monoisotopic (exact) mass is 324 g/mol. The first-order chi connectivity index (χ1) is 11.8. The highest BCUT2D eigenvalue weighted by molar-refractivity contribution is 5.46. The third-order valence-electron chi connectivity index (χ3n) is 5.07. The number of benzene rings is 2. The Bertz CT molecular complexity index is 603. The van der Waals surface area contributed by atoms with E-state index in [1.54, 1.807) is 7.11 Å². The summed E-state index contributed by atoms with van der Waals surface area (Å²) in [6.07, 6.45) is 2.34. The standard InChI is InChI=1S/C21H28N2O/c1-18(8-9-19-10-12-21(24-2)13-11-19)22-14-16-23(17-15-22)20-6-4-3-5-7-20/h3-7,10-13,18H,8-9,14-17H2,1-2H3/t18-/m0/s1. The van der Waals surface area contributed by atoms with Crippen molar-refractivity contribution < 1.29 is 4.74 Å². The highest BCUT2D eigenvalue weighted by Gasteiger charge is 2.20. The van der Waals surface area contributed by atoms with Gasteiger partial charge in [0.2, 0.25) is 0 Å². The van der Waals surface area contributed by atoms with Gasteiger partial charge >= 0.3 is 0 Å². The summed E-state index contributed by atoms with van der Waals surface area (Å²) in [6, 6.07) is 19.9. The maximum atomic E-state index is 5.22. The zero-order chi connectivity index (χ0) is 16.8. The van der Waals surface area contributed by atoms with Crippen molar-refractivity contribution in [3.8, 4) is 5.75 Å². The number of ether oxygens (including phenoxy) is 1. The van der Waals surface area contributed by atoms with Gasteiger partial charge in [0.05, 0.1) is 7.11 Å². The van der Waals surface area contributed by atoms with E-state index in [0.29, 0.717) is 6.04 Å². The number of anilines is 1. The quantitative estimate of drug-likeness (QED) is 0.803. The van der Waals surface area contributed by atoms with Crippen molar-refractivity contribution in [3.05, 3.63) is 60.2 Å². The molecule has 0 aromatic heterocycles. The molecular weight excluding hydrogens is 296 g/mol. The summed E-state index contributed by atoms with van der Waals surface area (Å²) < 4.78 is 5.22. The van der Waals surface area contributed by atoms with Gasteiger partial charge in [0.1, 0.15) is 5.75 Å². The van der Waals surface area contributed by atoms with Crippen LogP contribution in [0.1, 0.15) is 18.9 Å². The summed E-state index contributed by atoms with van der Waals surface area (Å²) in [5, 5.41) is 0. The maximum Gasteiger partial charge on any atom is 0.118 e. The zero-order valence-electron chi connectivity index (χ0n) is 14.8. The molecule has 2 aromatic carbocycles. The lowest BCUT2D eigenvalue weighted by Gasteiger charge is -2.39. The Labute approximate surface area is 145 Å². The molecule has 3 heteroatoms. The minimum Gasteiger partial charge on any atom is -0.497 e. The molecule has 1 fully saturated rings. The van der Waals surface area contributed by atoms with E-state index < -0.39 is 0 Å². The van der Waals surface area contributed by atoms with Crippen LogP contribution in [0.2, 0.25) is 0 Å². The van der Waals surface area contributed by atoms with Crippen LogP contribution in [0.15, 0.2) is 54.6 Å². The van der Waals surface area contributed by atoms with Gasteiger partial charge in [0.25, 0.3) is 0 Å². The predicted molar refractivity (Wildman–Crippen MR) is 101 cm³/mol. The van der Waals surface area contributed by atoms with Crippen LogP contribution in [0, 0.1) is 0 Å². The van der Waals surface area contributed by atoms with Crippen LogP contribution in [-0.2, 0) is 6.42 Å². The molecule has 2 aromatic rings. The molecule has 0 amide bonds. The van der Waals surface area contributed by atoms with E-state index in [1.165, 1.54) is 17.7 Å². The number of rotatable bonds is 6. The van der Waals surface area contributed by atoms with Crippen LogP contribution in [0.5, 0.6) is 5.75 Å².